The van der Waals surface area contributed by atoms with E-state index in [9.17, 15) is 4.79 Å². The van der Waals surface area contributed by atoms with Crippen LogP contribution in [0.4, 0.5) is 10.5 Å². The average molecular weight is 222 g/mol. The molecule has 1 aliphatic rings. The summed E-state index contributed by atoms with van der Waals surface area (Å²) >= 11 is 0. The first kappa shape index (κ1) is 10.6. The quantitative estimate of drug-likeness (QED) is 0.761. The molecule has 0 aliphatic carbocycles. The van der Waals surface area contributed by atoms with Crippen LogP contribution in [-0.2, 0) is 4.74 Å². The molecule has 16 heavy (non-hydrogen) atoms. The summed E-state index contributed by atoms with van der Waals surface area (Å²) in [7, 11) is 1.37. The Kier molecular flexibility index (Phi) is 2.85. The first-order valence-electron chi connectivity index (χ1n) is 5.04. The molecule has 1 amide bonds. The maximum atomic E-state index is 11.1. The van der Waals surface area contributed by atoms with Crippen LogP contribution in [0, 0.1) is 0 Å². The van der Waals surface area contributed by atoms with Gasteiger partial charge in [0.05, 0.1) is 20.2 Å². The highest BCUT2D eigenvalue weighted by atomic mass is 16.5. The number of hydrogen-bond donors (Lipinski definition) is 1. The molecule has 0 bridgehead atoms. The summed E-state index contributed by atoms with van der Waals surface area (Å²) in [5.41, 5.74) is 6.26. The highest BCUT2D eigenvalue weighted by Crippen LogP contribution is 2.19. The van der Waals surface area contributed by atoms with E-state index in [2.05, 4.69) is 4.74 Å². The maximum absolute atomic E-state index is 11.1. The average Bonchev–Trinajstić information content (AvgIpc) is 2.24. The van der Waals surface area contributed by atoms with Crippen LogP contribution in [0.2, 0.25) is 0 Å². The lowest BCUT2D eigenvalue weighted by Crippen LogP contribution is -2.56. The Balaban J connectivity index is 1.81. The molecule has 1 aromatic rings. The van der Waals surface area contributed by atoms with Gasteiger partial charge in [0.2, 0.25) is 0 Å². The van der Waals surface area contributed by atoms with Crippen molar-refractivity contribution in [2.24, 2.45) is 0 Å². The van der Waals surface area contributed by atoms with Crippen molar-refractivity contribution in [1.29, 1.82) is 0 Å². The summed E-state index contributed by atoms with van der Waals surface area (Å²) in [5.74, 6) is 0.767. The van der Waals surface area contributed by atoms with Crippen molar-refractivity contribution < 1.29 is 14.3 Å². The van der Waals surface area contributed by atoms with Crippen LogP contribution in [0.15, 0.2) is 24.3 Å². The zero-order valence-corrected chi connectivity index (χ0v) is 9.05. The first-order valence-corrected chi connectivity index (χ1v) is 5.04. The molecule has 0 radical (unpaired) electrons. The molecular weight excluding hydrogens is 208 g/mol. The topological polar surface area (TPSA) is 64.8 Å². The van der Waals surface area contributed by atoms with Crippen molar-refractivity contribution in [3.05, 3.63) is 24.3 Å². The van der Waals surface area contributed by atoms with Crippen molar-refractivity contribution in [2.75, 3.05) is 25.9 Å². The number of hydrogen-bond acceptors (Lipinski definition) is 4. The van der Waals surface area contributed by atoms with E-state index in [1.165, 1.54) is 7.11 Å². The molecule has 0 atom stereocenters. The molecule has 0 saturated carbocycles. The van der Waals surface area contributed by atoms with Gasteiger partial charge in [-0.15, -0.1) is 0 Å². The van der Waals surface area contributed by atoms with E-state index >= 15 is 0 Å². The van der Waals surface area contributed by atoms with Gasteiger partial charge in [-0.25, -0.2) is 4.79 Å². The molecule has 0 unspecified atom stereocenters. The number of anilines is 1. The number of likely N-dealkylation sites (tertiary alicyclic amines) is 1. The smallest absolute Gasteiger partial charge is 0.409 e. The summed E-state index contributed by atoms with van der Waals surface area (Å²) < 4.78 is 10.2. The van der Waals surface area contributed by atoms with E-state index in [1.807, 2.05) is 12.1 Å². The third-order valence-electron chi connectivity index (χ3n) is 2.46. The van der Waals surface area contributed by atoms with Gasteiger partial charge in [-0.05, 0) is 24.3 Å². The first-order chi connectivity index (χ1) is 7.69. The van der Waals surface area contributed by atoms with Crippen molar-refractivity contribution in [3.63, 3.8) is 0 Å². The van der Waals surface area contributed by atoms with Gasteiger partial charge in [0, 0.05) is 5.69 Å². The second-order valence-electron chi connectivity index (χ2n) is 3.68. The molecule has 1 aliphatic heterocycles. The number of methoxy groups -OCH3 is 1. The number of carbonyl (C=O) groups excluding carboxylic acids is 1. The SMILES string of the molecule is COC(=O)N1CC(Oc2ccc(N)cc2)C1. The minimum absolute atomic E-state index is 0.0442. The van der Waals surface area contributed by atoms with Gasteiger partial charge < -0.3 is 20.1 Å². The number of rotatable bonds is 2. The lowest BCUT2D eigenvalue weighted by atomic mass is 10.2. The summed E-state index contributed by atoms with van der Waals surface area (Å²) in [5, 5.41) is 0. The van der Waals surface area contributed by atoms with E-state index in [4.69, 9.17) is 10.5 Å². The standard InChI is InChI=1S/C11H14N2O3/c1-15-11(14)13-6-10(7-13)16-9-4-2-8(12)3-5-9/h2-5,10H,6-7,12H2,1H3. The van der Waals surface area contributed by atoms with Crippen molar-refractivity contribution >= 4 is 11.8 Å². The Morgan fingerprint density at radius 1 is 1.38 bits per heavy atom. The second-order valence-corrected chi connectivity index (χ2v) is 3.68. The van der Waals surface area contributed by atoms with Gasteiger partial charge in [0.1, 0.15) is 11.9 Å². The minimum atomic E-state index is -0.308. The summed E-state index contributed by atoms with van der Waals surface area (Å²) in [4.78, 5) is 12.7. The normalized spacial score (nSPS) is 15.4. The van der Waals surface area contributed by atoms with Gasteiger partial charge in [-0.3, -0.25) is 0 Å². The molecule has 1 saturated heterocycles. The molecule has 86 valence electrons. The molecule has 1 fully saturated rings. The lowest BCUT2D eigenvalue weighted by molar-refractivity contribution is 0.0183. The predicted octanol–water partition coefficient (Wildman–Crippen LogP) is 1.10. The Morgan fingerprint density at radius 2 is 2.00 bits per heavy atom. The fraction of sp³-hybridized carbons (Fsp3) is 0.364. The number of carbonyl (C=O) groups is 1. The third-order valence-corrected chi connectivity index (χ3v) is 2.46. The zero-order valence-electron chi connectivity index (χ0n) is 9.05. The molecular formula is C11H14N2O3. The minimum Gasteiger partial charge on any atom is -0.487 e. The predicted molar refractivity (Wildman–Crippen MR) is 59.2 cm³/mol. The van der Waals surface area contributed by atoms with E-state index in [-0.39, 0.29) is 12.2 Å². The van der Waals surface area contributed by atoms with Crippen LogP contribution >= 0.6 is 0 Å². The lowest BCUT2D eigenvalue weighted by Gasteiger charge is -2.37. The van der Waals surface area contributed by atoms with Crippen LogP contribution in [0.1, 0.15) is 0 Å². The Bertz CT molecular complexity index is 371. The molecule has 2 rings (SSSR count). The number of amides is 1. The number of nitrogens with zero attached hydrogens (tertiary/aromatic N) is 1. The number of ether oxygens (including phenoxy) is 2. The van der Waals surface area contributed by atoms with Gasteiger partial charge >= 0.3 is 6.09 Å². The van der Waals surface area contributed by atoms with Gasteiger partial charge in [0.15, 0.2) is 0 Å². The molecule has 0 aromatic heterocycles. The molecule has 5 nitrogen and oxygen atoms in total. The summed E-state index contributed by atoms with van der Waals surface area (Å²) in [6, 6.07) is 7.20. The summed E-state index contributed by atoms with van der Waals surface area (Å²) in [6.45, 7) is 1.13. The Morgan fingerprint density at radius 3 is 2.56 bits per heavy atom. The van der Waals surface area contributed by atoms with Crippen molar-refractivity contribution in [2.45, 2.75) is 6.10 Å². The van der Waals surface area contributed by atoms with Crippen molar-refractivity contribution in [3.8, 4) is 5.75 Å². The molecule has 5 heteroatoms. The van der Waals surface area contributed by atoms with E-state index < -0.39 is 0 Å². The van der Waals surface area contributed by atoms with Gasteiger partial charge in [-0.2, -0.15) is 0 Å². The maximum Gasteiger partial charge on any atom is 0.409 e. The fourth-order valence-electron chi connectivity index (χ4n) is 1.53. The third kappa shape index (κ3) is 2.18. The summed E-state index contributed by atoms with van der Waals surface area (Å²) in [6.07, 6.45) is -0.264. The fourth-order valence-corrected chi connectivity index (χ4v) is 1.53. The highest BCUT2D eigenvalue weighted by Gasteiger charge is 2.32. The molecule has 1 aromatic carbocycles. The number of nitrogens with two attached hydrogens (primary N) is 1. The van der Waals surface area contributed by atoms with Crippen LogP contribution in [0.25, 0.3) is 0 Å². The zero-order chi connectivity index (χ0) is 11.5. The van der Waals surface area contributed by atoms with E-state index in [0.29, 0.717) is 18.8 Å². The van der Waals surface area contributed by atoms with Crippen molar-refractivity contribution in [1.82, 2.24) is 4.90 Å². The van der Waals surface area contributed by atoms with Gasteiger partial charge in [0.25, 0.3) is 0 Å². The number of nitrogen functional groups attached to an aromatic ring is 1. The van der Waals surface area contributed by atoms with Gasteiger partial charge in [-0.1, -0.05) is 0 Å². The Hall–Kier alpha value is -1.91. The van der Waals surface area contributed by atoms with Crippen LogP contribution in [0.5, 0.6) is 5.75 Å². The van der Waals surface area contributed by atoms with Crippen LogP contribution < -0.4 is 10.5 Å². The highest BCUT2D eigenvalue weighted by molar-refractivity contribution is 5.68. The number of benzene rings is 1. The largest absolute Gasteiger partial charge is 0.487 e. The van der Waals surface area contributed by atoms with E-state index in [0.717, 1.165) is 5.75 Å². The molecule has 1 heterocycles. The Labute approximate surface area is 93.7 Å². The monoisotopic (exact) mass is 222 g/mol. The van der Waals surface area contributed by atoms with Crippen LogP contribution in [-0.4, -0.2) is 37.3 Å². The van der Waals surface area contributed by atoms with E-state index in [1.54, 1.807) is 17.0 Å². The molecule has 0 spiro atoms. The molecule has 2 N–H and O–H groups in total. The second kappa shape index (κ2) is 4.30. The van der Waals surface area contributed by atoms with Crippen LogP contribution in [0.3, 0.4) is 0 Å².